The van der Waals surface area contributed by atoms with E-state index in [2.05, 4.69) is 0 Å². The number of furan rings is 1. The molecule has 0 radical (unpaired) electrons. The minimum atomic E-state index is -1.06. The second-order valence-electron chi connectivity index (χ2n) is 5.69. The van der Waals surface area contributed by atoms with Crippen molar-refractivity contribution in [3.05, 3.63) is 58.5 Å². The Kier molecular flexibility index (Phi) is 5.90. The van der Waals surface area contributed by atoms with Crippen LogP contribution in [-0.4, -0.2) is 28.4 Å². The summed E-state index contributed by atoms with van der Waals surface area (Å²) in [6.45, 7) is 3.58. The summed E-state index contributed by atoms with van der Waals surface area (Å²) in [5.41, 5.74) is 1.19. The van der Waals surface area contributed by atoms with Gasteiger partial charge in [0.25, 0.3) is 5.91 Å². The van der Waals surface area contributed by atoms with Gasteiger partial charge in [-0.2, -0.15) is 0 Å². The Hall–Kier alpha value is -2.70. The number of benzene rings is 1. The van der Waals surface area contributed by atoms with Gasteiger partial charge in [-0.1, -0.05) is 13.0 Å². The molecule has 1 aromatic carbocycles. The molecule has 0 bridgehead atoms. The highest BCUT2D eigenvalue weighted by molar-refractivity contribution is 5.92. The third-order valence-electron chi connectivity index (χ3n) is 3.79. The van der Waals surface area contributed by atoms with Gasteiger partial charge >= 0.3 is 5.97 Å². The monoisotopic (exact) mass is 351 g/mol. The lowest BCUT2D eigenvalue weighted by atomic mass is 10.2. The molecule has 0 spiro atoms. The number of aliphatic carboxylic acids is 1. The van der Waals surface area contributed by atoms with Crippen LogP contribution in [0.5, 0.6) is 0 Å². The van der Waals surface area contributed by atoms with E-state index in [0.29, 0.717) is 17.7 Å². The topological polar surface area (TPSA) is 70.8 Å². The Labute approximate surface area is 143 Å². The van der Waals surface area contributed by atoms with Crippen molar-refractivity contribution < 1.29 is 27.9 Å². The van der Waals surface area contributed by atoms with Gasteiger partial charge in [0.05, 0.1) is 6.42 Å². The second kappa shape index (κ2) is 7.92. The first-order valence-electron chi connectivity index (χ1n) is 7.86. The van der Waals surface area contributed by atoms with Crippen LogP contribution in [0.4, 0.5) is 8.78 Å². The first-order valence-corrected chi connectivity index (χ1v) is 7.86. The van der Waals surface area contributed by atoms with Crippen molar-refractivity contribution in [3.8, 4) is 0 Å². The van der Waals surface area contributed by atoms with Crippen molar-refractivity contribution in [1.29, 1.82) is 0 Å². The quantitative estimate of drug-likeness (QED) is 0.828. The summed E-state index contributed by atoms with van der Waals surface area (Å²) < 4.78 is 32.0. The van der Waals surface area contributed by atoms with Gasteiger partial charge < -0.3 is 14.4 Å². The predicted octanol–water partition coefficient (Wildman–Crippen LogP) is 3.55. The van der Waals surface area contributed by atoms with E-state index in [1.165, 1.54) is 11.0 Å². The number of nitrogens with zero attached hydrogens (tertiary/aromatic N) is 1. The third-order valence-corrected chi connectivity index (χ3v) is 3.79. The first-order chi connectivity index (χ1) is 11.8. The van der Waals surface area contributed by atoms with Crippen molar-refractivity contribution in [3.63, 3.8) is 0 Å². The summed E-state index contributed by atoms with van der Waals surface area (Å²) in [4.78, 5) is 24.8. The average molecular weight is 351 g/mol. The standard InChI is InChI=1S/C18H19F2NO4/c1-3-15-11(2)8-16(25-15)18(24)21(7-6-17(22)23)10-12-4-5-13(19)14(20)9-12/h4-5,8-9H,3,6-7,10H2,1-2H3,(H,22,23). The molecule has 0 fully saturated rings. The number of hydrogen-bond donors (Lipinski definition) is 1. The number of carbonyl (C=O) groups is 2. The van der Waals surface area contributed by atoms with Crippen LogP contribution in [0.2, 0.25) is 0 Å². The SMILES string of the molecule is CCc1oc(C(=O)N(CCC(=O)O)Cc2ccc(F)c(F)c2)cc1C. The fraction of sp³-hybridized carbons (Fsp3) is 0.333. The third kappa shape index (κ3) is 4.65. The molecule has 134 valence electrons. The number of halogens is 2. The van der Waals surface area contributed by atoms with Crippen LogP contribution in [-0.2, 0) is 17.8 Å². The molecular weight excluding hydrogens is 332 g/mol. The van der Waals surface area contributed by atoms with E-state index in [9.17, 15) is 18.4 Å². The van der Waals surface area contributed by atoms with Crippen molar-refractivity contribution in [2.45, 2.75) is 33.2 Å². The molecule has 0 saturated carbocycles. The normalized spacial score (nSPS) is 10.7. The van der Waals surface area contributed by atoms with Gasteiger partial charge in [0.2, 0.25) is 0 Å². The maximum Gasteiger partial charge on any atom is 0.305 e. The molecule has 1 N–H and O–H groups in total. The number of amides is 1. The molecule has 0 aliphatic heterocycles. The summed E-state index contributed by atoms with van der Waals surface area (Å²) in [6, 6.07) is 4.91. The van der Waals surface area contributed by atoms with Gasteiger partial charge in [-0.15, -0.1) is 0 Å². The van der Waals surface area contributed by atoms with Crippen LogP contribution in [0, 0.1) is 18.6 Å². The van der Waals surface area contributed by atoms with Gasteiger partial charge in [-0.3, -0.25) is 9.59 Å². The number of rotatable bonds is 7. The highest BCUT2D eigenvalue weighted by Crippen LogP contribution is 2.19. The van der Waals surface area contributed by atoms with Gasteiger partial charge in [-0.05, 0) is 36.2 Å². The molecule has 1 heterocycles. The molecule has 1 amide bonds. The number of aryl methyl sites for hydroxylation is 2. The number of hydrogen-bond acceptors (Lipinski definition) is 3. The second-order valence-corrected chi connectivity index (χ2v) is 5.69. The molecule has 0 saturated heterocycles. The largest absolute Gasteiger partial charge is 0.481 e. The fourth-order valence-electron chi connectivity index (χ4n) is 2.47. The Balaban J connectivity index is 2.25. The molecule has 0 aliphatic carbocycles. The molecule has 2 rings (SSSR count). The minimum absolute atomic E-state index is 0.0511. The number of carboxylic acid groups (broad SMARTS) is 1. The molecule has 7 heteroatoms. The lowest BCUT2D eigenvalue weighted by Gasteiger charge is -2.21. The molecule has 25 heavy (non-hydrogen) atoms. The Morgan fingerprint density at radius 3 is 2.48 bits per heavy atom. The number of carboxylic acids is 1. The van der Waals surface area contributed by atoms with Crippen molar-refractivity contribution in [1.82, 2.24) is 4.90 Å². The lowest BCUT2D eigenvalue weighted by molar-refractivity contribution is -0.137. The maximum absolute atomic E-state index is 13.4. The summed E-state index contributed by atoms with van der Waals surface area (Å²) in [7, 11) is 0. The summed E-state index contributed by atoms with van der Waals surface area (Å²) in [5.74, 6) is -2.79. The first kappa shape index (κ1) is 18.6. The van der Waals surface area contributed by atoms with E-state index in [4.69, 9.17) is 9.52 Å². The zero-order valence-corrected chi connectivity index (χ0v) is 14.0. The summed E-state index contributed by atoms with van der Waals surface area (Å²) in [6.07, 6.45) is 0.354. The molecule has 1 aromatic heterocycles. The van der Waals surface area contributed by atoms with E-state index in [0.717, 1.165) is 17.7 Å². The van der Waals surface area contributed by atoms with Crippen LogP contribution in [0.3, 0.4) is 0 Å². The van der Waals surface area contributed by atoms with Gasteiger partial charge in [0, 0.05) is 19.5 Å². The number of carbonyl (C=O) groups excluding carboxylic acids is 1. The van der Waals surface area contributed by atoms with Crippen molar-refractivity contribution in [2.24, 2.45) is 0 Å². The molecular formula is C18H19F2NO4. The lowest BCUT2D eigenvalue weighted by Crippen LogP contribution is -2.32. The fourth-order valence-corrected chi connectivity index (χ4v) is 2.47. The predicted molar refractivity (Wildman–Crippen MR) is 86.2 cm³/mol. The smallest absolute Gasteiger partial charge is 0.305 e. The van der Waals surface area contributed by atoms with E-state index in [1.807, 2.05) is 13.8 Å². The van der Waals surface area contributed by atoms with Crippen LogP contribution < -0.4 is 0 Å². The van der Waals surface area contributed by atoms with E-state index >= 15 is 0 Å². The molecule has 2 aromatic rings. The Morgan fingerprint density at radius 1 is 1.20 bits per heavy atom. The highest BCUT2D eigenvalue weighted by Gasteiger charge is 2.22. The minimum Gasteiger partial charge on any atom is -0.481 e. The molecule has 5 nitrogen and oxygen atoms in total. The van der Waals surface area contributed by atoms with Crippen LogP contribution in [0.25, 0.3) is 0 Å². The van der Waals surface area contributed by atoms with Crippen LogP contribution in [0.15, 0.2) is 28.7 Å². The van der Waals surface area contributed by atoms with Crippen molar-refractivity contribution >= 4 is 11.9 Å². The summed E-state index contributed by atoms with van der Waals surface area (Å²) >= 11 is 0. The molecule has 0 aliphatic rings. The molecule has 0 unspecified atom stereocenters. The van der Waals surface area contributed by atoms with Gasteiger partial charge in [-0.25, -0.2) is 8.78 Å². The van der Waals surface area contributed by atoms with Crippen LogP contribution in [0.1, 0.15) is 40.8 Å². The van der Waals surface area contributed by atoms with E-state index in [-0.39, 0.29) is 25.3 Å². The van der Waals surface area contributed by atoms with Gasteiger partial charge in [0.1, 0.15) is 5.76 Å². The Bertz CT molecular complexity index is 785. The summed E-state index contributed by atoms with van der Waals surface area (Å²) in [5, 5.41) is 8.88. The Morgan fingerprint density at radius 2 is 1.92 bits per heavy atom. The zero-order chi connectivity index (χ0) is 18.6. The zero-order valence-electron chi connectivity index (χ0n) is 14.0. The van der Waals surface area contributed by atoms with Crippen LogP contribution >= 0.6 is 0 Å². The maximum atomic E-state index is 13.4. The highest BCUT2D eigenvalue weighted by atomic mass is 19.2. The van der Waals surface area contributed by atoms with Gasteiger partial charge in [0.15, 0.2) is 17.4 Å². The van der Waals surface area contributed by atoms with E-state index < -0.39 is 23.5 Å². The average Bonchev–Trinajstić information content (AvgIpc) is 2.94. The molecule has 0 atom stereocenters. The van der Waals surface area contributed by atoms with E-state index in [1.54, 1.807) is 6.07 Å². The van der Waals surface area contributed by atoms with Crippen molar-refractivity contribution in [2.75, 3.05) is 6.54 Å².